The average molecular weight is 448 g/mol. The molecule has 176 valence electrons. The van der Waals surface area contributed by atoms with E-state index in [0.717, 1.165) is 11.3 Å². The number of methoxy groups -OCH3 is 3. The van der Waals surface area contributed by atoms with Crippen LogP contribution < -0.4 is 24.8 Å². The van der Waals surface area contributed by atoms with Gasteiger partial charge in [0, 0.05) is 18.2 Å². The maximum atomic E-state index is 13.2. The molecule has 1 saturated heterocycles. The summed E-state index contributed by atoms with van der Waals surface area (Å²) in [5, 5.41) is 5.64. The lowest BCUT2D eigenvalue weighted by Crippen LogP contribution is -2.54. The number of imide groups is 1. The van der Waals surface area contributed by atoms with Crippen LogP contribution in [0.2, 0.25) is 0 Å². The molecule has 9 nitrogen and oxygen atoms in total. The third-order valence-electron chi connectivity index (χ3n) is 6.19. The minimum absolute atomic E-state index is 0.0666. The molecular weight excluding hydrogens is 414 g/mol. The van der Waals surface area contributed by atoms with E-state index in [9.17, 15) is 14.4 Å². The Balaban J connectivity index is 1.68. The number of benzene rings is 1. The molecule has 1 heterocycles. The highest BCUT2D eigenvalue weighted by atomic mass is 16.5. The molecule has 1 aliphatic heterocycles. The number of carbonyl (C=O) groups is 3. The van der Waals surface area contributed by atoms with Gasteiger partial charge < -0.3 is 24.8 Å². The van der Waals surface area contributed by atoms with Gasteiger partial charge in [-0.15, -0.1) is 0 Å². The number of amides is 4. The van der Waals surface area contributed by atoms with E-state index < -0.39 is 17.5 Å². The van der Waals surface area contributed by atoms with Gasteiger partial charge in [0.05, 0.1) is 21.3 Å². The van der Waals surface area contributed by atoms with Crippen molar-refractivity contribution in [2.45, 2.75) is 52.1 Å². The van der Waals surface area contributed by atoms with Crippen LogP contribution in [-0.4, -0.2) is 56.2 Å². The molecule has 4 amide bonds. The SMILES string of the molecule is COc1cc(OC)c(OC)cc1CNC(=O)CN1C(=O)NC2(CC(C)CC(C)(C)C2)C1=O. The van der Waals surface area contributed by atoms with Crippen LogP contribution in [0.4, 0.5) is 4.79 Å². The Morgan fingerprint density at radius 1 is 1.09 bits per heavy atom. The molecule has 0 radical (unpaired) electrons. The summed E-state index contributed by atoms with van der Waals surface area (Å²) >= 11 is 0. The molecule has 1 spiro atoms. The molecule has 0 aromatic heterocycles. The van der Waals surface area contributed by atoms with Crippen LogP contribution in [0, 0.1) is 11.3 Å². The van der Waals surface area contributed by atoms with E-state index in [1.165, 1.54) is 21.3 Å². The molecule has 1 aromatic carbocycles. The van der Waals surface area contributed by atoms with Crippen molar-refractivity contribution in [1.82, 2.24) is 15.5 Å². The second kappa shape index (κ2) is 8.88. The maximum Gasteiger partial charge on any atom is 0.325 e. The zero-order valence-corrected chi connectivity index (χ0v) is 19.7. The Labute approximate surface area is 188 Å². The van der Waals surface area contributed by atoms with Gasteiger partial charge >= 0.3 is 6.03 Å². The highest BCUT2D eigenvalue weighted by Gasteiger charge is 2.56. The second-order valence-electron chi connectivity index (χ2n) is 9.55. The van der Waals surface area contributed by atoms with Crippen LogP contribution in [0.25, 0.3) is 0 Å². The highest BCUT2D eigenvalue weighted by Crippen LogP contribution is 2.46. The molecule has 2 aliphatic rings. The van der Waals surface area contributed by atoms with Gasteiger partial charge in [-0.3, -0.25) is 14.5 Å². The summed E-state index contributed by atoms with van der Waals surface area (Å²) in [5.41, 5.74) is -0.316. The highest BCUT2D eigenvalue weighted by molar-refractivity contribution is 6.09. The first-order valence-electron chi connectivity index (χ1n) is 10.7. The van der Waals surface area contributed by atoms with E-state index in [1.807, 2.05) is 0 Å². The quantitative estimate of drug-likeness (QED) is 0.622. The van der Waals surface area contributed by atoms with E-state index in [-0.39, 0.29) is 24.4 Å². The molecule has 1 aliphatic carbocycles. The van der Waals surface area contributed by atoms with Crippen LogP contribution in [0.15, 0.2) is 12.1 Å². The van der Waals surface area contributed by atoms with E-state index in [2.05, 4.69) is 31.4 Å². The first-order chi connectivity index (χ1) is 15.0. The predicted octanol–water partition coefficient (Wildman–Crippen LogP) is 2.47. The Morgan fingerprint density at radius 2 is 1.72 bits per heavy atom. The summed E-state index contributed by atoms with van der Waals surface area (Å²) in [6.45, 7) is 6.11. The molecule has 32 heavy (non-hydrogen) atoms. The summed E-state index contributed by atoms with van der Waals surface area (Å²) in [7, 11) is 4.57. The predicted molar refractivity (Wildman–Crippen MR) is 118 cm³/mol. The van der Waals surface area contributed by atoms with Gasteiger partial charge in [0.2, 0.25) is 5.91 Å². The summed E-state index contributed by atoms with van der Waals surface area (Å²) in [6, 6.07) is 2.87. The lowest BCUT2D eigenvalue weighted by molar-refractivity contribution is -0.137. The van der Waals surface area contributed by atoms with Crippen molar-refractivity contribution in [2.24, 2.45) is 11.3 Å². The zero-order chi connectivity index (χ0) is 23.7. The van der Waals surface area contributed by atoms with Gasteiger partial charge in [-0.1, -0.05) is 20.8 Å². The number of urea groups is 1. The lowest BCUT2D eigenvalue weighted by Gasteiger charge is -2.43. The number of nitrogens with zero attached hydrogens (tertiary/aromatic N) is 1. The molecule has 1 aromatic rings. The van der Waals surface area contributed by atoms with Crippen molar-refractivity contribution in [1.29, 1.82) is 0 Å². The van der Waals surface area contributed by atoms with Crippen molar-refractivity contribution in [3.05, 3.63) is 17.7 Å². The van der Waals surface area contributed by atoms with E-state index >= 15 is 0 Å². The molecular formula is C23H33N3O6. The number of rotatable bonds is 7. The molecule has 9 heteroatoms. The third-order valence-corrected chi connectivity index (χ3v) is 6.19. The number of hydrogen-bond acceptors (Lipinski definition) is 6. The molecule has 2 atom stereocenters. The van der Waals surface area contributed by atoms with Gasteiger partial charge in [0.25, 0.3) is 5.91 Å². The molecule has 2 fully saturated rings. The van der Waals surface area contributed by atoms with Gasteiger partial charge in [0.15, 0.2) is 11.5 Å². The van der Waals surface area contributed by atoms with Crippen molar-refractivity contribution < 1.29 is 28.6 Å². The van der Waals surface area contributed by atoms with E-state index in [0.29, 0.717) is 41.6 Å². The van der Waals surface area contributed by atoms with Crippen molar-refractivity contribution in [2.75, 3.05) is 27.9 Å². The van der Waals surface area contributed by atoms with Crippen LogP contribution in [0.1, 0.15) is 45.6 Å². The standard InChI is InChI=1S/C23H33N3O6/c1-14-9-22(2,3)13-23(10-14)20(28)26(21(29)25-23)12-19(27)24-11-15-7-17(31-5)18(32-6)8-16(15)30-4/h7-8,14H,9-13H2,1-6H3,(H,24,27)(H,25,29). The summed E-state index contributed by atoms with van der Waals surface area (Å²) < 4.78 is 16.0. The Morgan fingerprint density at radius 3 is 2.31 bits per heavy atom. The van der Waals surface area contributed by atoms with E-state index in [1.54, 1.807) is 12.1 Å². The second-order valence-corrected chi connectivity index (χ2v) is 9.55. The monoisotopic (exact) mass is 447 g/mol. The van der Waals surface area contributed by atoms with Crippen LogP contribution >= 0.6 is 0 Å². The lowest BCUT2D eigenvalue weighted by atomic mass is 9.64. The Hall–Kier alpha value is -2.97. The van der Waals surface area contributed by atoms with Gasteiger partial charge in [-0.2, -0.15) is 0 Å². The number of carbonyl (C=O) groups excluding carboxylic acids is 3. The molecule has 1 saturated carbocycles. The topological polar surface area (TPSA) is 106 Å². The molecule has 3 rings (SSSR count). The summed E-state index contributed by atoms with van der Waals surface area (Å²) in [5.74, 6) is 1.08. The number of nitrogens with one attached hydrogen (secondary N) is 2. The average Bonchev–Trinajstić information content (AvgIpc) is 2.93. The third kappa shape index (κ3) is 4.61. The normalized spacial score (nSPS) is 24.3. The maximum absolute atomic E-state index is 13.2. The van der Waals surface area contributed by atoms with Gasteiger partial charge in [-0.25, -0.2) is 4.79 Å². The zero-order valence-electron chi connectivity index (χ0n) is 19.7. The first kappa shape index (κ1) is 23.7. The van der Waals surface area contributed by atoms with E-state index in [4.69, 9.17) is 14.2 Å². The Kier molecular flexibility index (Phi) is 6.57. The van der Waals surface area contributed by atoms with Crippen LogP contribution in [0.3, 0.4) is 0 Å². The molecule has 2 N–H and O–H groups in total. The van der Waals surface area contributed by atoms with Crippen LogP contribution in [0.5, 0.6) is 17.2 Å². The Bertz CT molecular complexity index is 915. The van der Waals surface area contributed by atoms with Gasteiger partial charge in [-0.05, 0) is 36.7 Å². The van der Waals surface area contributed by atoms with Crippen molar-refractivity contribution in [3.63, 3.8) is 0 Å². The smallest absolute Gasteiger partial charge is 0.325 e. The summed E-state index contributed by atoms with van der Waals surface area (Å²) in [4.78, 5) is 39.5. The van der Waals surface area contributed by atoms with Crippen molar-refractivity contribution in [3.8, 4) is 17.2 Å². The fourth-order valence-corrected chi connectivity index (χ4v) is 5.27. The number of ether oxygens (including phenoxy) is 3. The fourth-order valence-electron chi connectivity index (χ4n) is 5.27. The first-order valence-corrected chi connectivity index (χ1v) is 10.7. The number of hydrogen-bond donors (Lipinski definition) is 2. The van der Waals surface area contributed by atoms with Crippen LogP contribution in [-0.2, 0) is 16.1 Å². The molecule has 0 bridgehead atoms. The largest absolute Gasteiger partial charge is 0.496 e. The minimum atomic E-state index is -0.925. The summed E-state index contributed by atoms with van der Waals surface area (Å²) in [6.07, 6.45) is 2.14. The fraction of sp³-hybridized carbons (Fsp3) is 0.609. The molecule has 2 unspecified atom stereocenters. The minimum Gasteiger partial charge on any atom is -0.496 e. The van der Waals surface area contributed by atoms with Gasteiger partial charge in [0.1, 0.15) is 17.8 Å². The van der Waals surface area contributed by atoms with Crippen molar-refractivity contribution >= 4 is 17.8 Å².